The first kappa shape index (κ1) is 12.6. The Morgan fingerprint density at radius 2 is 2.38 bits per heavy atom. The van der Waals surface area contributed by atoms with Crippen LogP contribution in [0, 0.1) is 5.92 Å². The molecule has 1 aromatic heterocycles. The molecule has 0 aliphatic heterocycles. The first-order chi connectivity index (χ1) is 7.65. The molecule has 2 unspecified atom stereocenters. The number of rotatable bonds is 6. The van der Waals surface area contributed by atoms with E-state index >= 15 is 0 Å². The summed E-state index contributed by atoms with van der Waals surface area (Å²) in [4.78, 5) is 14.9. The van der Waals surface area contributed by atoms with Crippen LogP contribution in [0.15, 0.2) is 24.5 Å². The Bertz CT molecular complexity index is 327. The van der Waals surface area contributed by atoms with Crippen molar-refractivity contribution in [1.82, 2.24) is 10.3 Å². The molecule has 0 fully saturated rings. The SMILES string of the molecule is CCC(C(=O)O)C(C)NCc1cccnc1. The molecule has 0 saturated carbocycles. The van der Waals surface area contributed by atoms with Crippen molar-refractivity contribution in [3.63, 3.8) is 0 Å². The van der Waals surface area contributed by atoms with E-state index in [1.165, 1.54) is 0 Å². The van der Waals surface area contributed by atoms with Crippen LogP contribution >= 0.6 is 0 Å². The van der Waals surface area contributed by atoms with Crippen LogP contribution in [0.3, 0.4) is 0 Å². The van der Waals surface area contributed by atoms with Gasteiger partial charge in [0.05, 0.1) is 5.92 Å². The van der Waals surface area contributed by atoms with Crippen LogP contribution in [0.5, 0.6) is 0 Å². The van der Waals surface area contributed by atoms with Gasteiger partial charge in [-0.05, 0) is 25.0 Å². The normalized spacial score (nSPS) is 14.4. The maximum absolute atomic E-state index is 10.9. The third-order valence-electron chi connectivity index (χ3n) is 2.71. The van der Waals surface area contributed by atoms with Gasteiger partial charge in [-0.25, -0.2) is 0 Å². The van der Waals surface area contributed by atoms with Crippen molar-refractivity contribution >= 4 is 5.97 Å². The van der Waals surface area contributed by atoms with E-state index in [0.717, 1.165) is 5.56 Å². The van der Waals surface area contributed by atoms with Crippen molar-refractivity contribution in [1.29, 1.82) is 0 Å². The van der Waals surface area contributed by atoms with E-state index in [2.05, 4.69) is 10.3 Å². The molecule has 1 rings (SSSR count). The lowest BCUT2D eigenvalue weighted by Gasteiger charge is -2.20. The maximum Gasteiger partial charge on any atom is 0.308 e. The summed E-state index contributed by atoms with van der Waals surface area (Å²) in [6.45, 7) is 4.44. The van der Waals surface area contributed by atoms with Gasteiger partial charge >= 0.3 is 5.97 Å². The van der Waals surface area contributed by atoms with Crippen LogP contribution in [0.2, 0.25) is 0 Å². The quantitative estimate of drug-likeness (QED) is 0.768. The lowest BCUT2D eigenvalue weighted by molar-refractivity contribution is -0.142. The Morgan fingerprint density at radius 1 is 1.62 bits per heavy atom. The molecule has 0 spiro atoms. The van der Waals surface area contributed by atoms with Gasteiger partial charge in [-0.2, -0.15) is 0 Å². The van der Waals surface area contributed by atoms with Crippen LogP contribution in [0.4, 0.5) is 0 Å². The first-order valence-electron chi connectivity index (χ1n) is 5.50. The van der Waals surface area contributed by atoms with Crippen LogP contribution in [-0.4, -0.2) is 22.1 Å². The molecular weight excluding hydrogens is 204 g/mol. The van der Waals surface area contributed by atoms with E-state index in [1.807, 2.05) is 26.0 Å². The van der Waals surface area contributed by atoms with Crippen molar-refractivity contribution in [2.24, 2.45) is 5.92 Å². The number of carboxylic acids is 1. The Hall–Kier alpha value is -1.42. The van der Waals surface area contributed by atoms with Gasteiger partial charge in [-0.15, -0.1) is 0 Å². The lowest BCUT2D eigenvalue weighted by atomic mass is 9.98. The molecule has 4 heteroatoms. The second kappa shape index (κ2) is 6.23. The van der Waals surface area contributed by atoms with Crippen LogP contribution < -0.4 is 5.32 Å². The fourth-order valence-electron chi connectivity index (χ4n) is 1.67. The van der Waals surface area contributed by atoms with E-state index in [-0.39, 0.29) is 12.0 Å². The highest BCUT2D eigenvalue weighted by molar-refractivity contribution is 5.70. The second-order valence-electron chi connectivity index (χ2n) is 3.88. The van der Waals surface area contributed by atoms with Crippen molar-refractivity contribution < 1.29 is 9.90 Å². The Kier molecular flexibility index (Phi) is 4.92. The van der Waals surface area contributed by atoms with E-state index in [1.54, 1.807) is 12.4 Å². The zero-order valence-electron chi connectivity index (χ0n) is 9.68. The highest BCUT2D eigenvalue weighted by Crippen LogP contribution is 2.09. The minimum absolute atomic E-state index is 0.0392. The molecule has 2 atom stereocenters. The monoisotopic (exact) mass is 222 g/mol. The minimum atomic E-state index is -0.742. The number of hydrogen-bond acceptors (Lipinski definition) is 3. The number of pyridine rings is 1. The molecule has 1 heterocycles. The second-order valence-corrected chi connectivity index (χ2v) is 3.88. The van der Waals surface area contributed by atoms with Gasteiger partial charge in [0.1, 0.15) is 0 Å². The molecule has 0 aliphatic rings. The van der Waals surface area contributed by atoms with Crippen molar-refractivity contribution in [3.8, 4) is 0 Å². The predicted molar refractivity (Wildman–Crippen MR) is 62.0 cm³/mol. The van der Waals surface area contributed by atoms with E-state index in [4.69, 9.17) is 5.11 Å². The van der Waals surface area contributed by atoms with Gasteiger partial charge in [0.25, 0.3) is 0 Å². The van der Waals surface area contributed by atoms with Crippen molar-refractivity contribution in [2.75, 3.05) is 0 Å². The number of carboxylic acid groups (broad SMARTS) is 1. The first-order valence-corrected chi connectivity index (χ1v) is 5.50. The topological polar surface area (TPSA) is 62.2 Å². The van der Waals surface area contributed by atoms with E-state index in [9.17, 15) is 4.79 Å². The largest absolute Gasteiger partial charge is 0.481 e. The van der Waals surface area contributed by atoms with Crippen LogP contribution in [0.1, 0.15) is 25.8 Å². The standard InChI is InChI=1S/C12H18N2O2/c1-3-11(12(15)16)9(2)14-8-10-5-4-6-13-7-10/h4-7,9,11,14H,3,8H2,1-2H3,(H,15,16). The number of nitrogens with one attached hydrogen (secondary N) is 1. The average Bonchev–Trinajstić information content (AvgIpc) is 2.28. The molecule has 0 aliphatic carbocycles. The number of carbonyl (C=O) groups is 1. The Labute approximate surface area is 95.7 Å². The molecule has 0 saturated heterocycles. The molecule has 4 nitrogen and oxygen atoms in total. The molecule has 0 bridgehead atoms. The summed E-state index contributed by atoms with van der Waals surface area (Å²) in [6.07, 6.45) is 4.14. The number of aromatic nitrogens is 1. The summed E-state index contributed by atoms with van der Waals surface area (Å²) in [5.74, 6) is -1.08. The molecule has 88 valence electrons. The summed E-state index contributed by atoms with van der Waals surface area (Å²) < 4.78 is 0. The Morgan fingerprint density at radius 3 is 2.88 bits per heavy atom. The number of nitrogens with zero attached hydrogens (tertiary/aromatic N) is 1. The molecule has 2 N–H and O–H groups in total. The van der Waals surface area contributed by atoms with Crippen LogP contribution in [0.25, 0.3) is 0 Å². The summed E-state index contributed by atoms with van der Waals surface area (Å²) in [5.41, 5.74) is 1.06. The number of aliphatic carboxylic acids is 1. The van der Waals surface area contributed by atoms with Gasteiger partial charge in [-0.3, -0.25) is 9.78 Å². The van der Waals surface area contributed by atoms with Gasteiger partial charge in [0.15, 0.2) is 0 Å². The smallest absolute Gasteiger partial charge is 0.308 e. The van der Waals surface area contributed by atoms with Gasteiger partial charge in [0.2, 0.25) is 0 Å². The highest BCUT2D eigenvalue weighted by atomic mass is 16.4. The zero-order valence-corrected chi connectivity index (χ0v) is 9.68. The molecule has 0 radical (unpaired) electrons. The molecular formula is C12H18N2O2. The maximum atomic E-state index is 10.9. The summed E-state index contributed by atoms with van der Waals surface area (Å²) in [6, 6.07) is 3.80. The average molecular weight is 222 g/mol. The van der Waals surface area contributed by atoms with Crippen molar-refractivity contribution in [3.05, 3.63) is 30.1 Å². The summed E-state index contributed by atoms with van der Waals surface area (Å²) in [7, 11) is 0. The fraction of sp³-hybridized carbons (Fsp3) is 0.500. The van der Waals surface area contributed by atoms with E-state index in [0.29, 0.717) is 13.0 Å². The lowest BCUT2D eigenvalue weighted by Crippen LogP contribution is -2.37. The van der Waals surface area contributed by atoms with Gasteiger partial charge in [0, 0.05) is 25.0 Å². The third kappa shape index (κ3) is 3.62. The zero-order chi connectivity index (χ0) is 12.0. The predicted octanol–water partition coefficient (Wildman–Crippen LogP) is 1.67. The molecule has 0 amide bonds. The number of hydrogen-bond donors (Lipinski definition) is 2. The fourth-order valence-corrected chi connectivity index (χ4v) is 1.67. The third-order valence-corrected chi connectivity index (χ3v) is 2.71. The molecule has 16 heavy (non-hydrogen) atoms. The summed E-state index contributed by atoms with van der Waals surface area (Å²) >= 11 is 0. The molecule has 0 aromatic carbocycles. The minimum Gasteiger partial charge on any atom is -0.481 e. The highest BCUT2D eigenvalue weighted by Gasteiger charge is 2.21. The van der Waals surface area contributed by atoms with Gasteiger partial charge < -0.3 is 10.4 Å². The van der Waals surface area contributed by atoms with Crippen LogP contribution in [-0.2, 0) is 11.3 Å². The molecule has 1 aromatic rings. The summed E-state index contributed by atoms with van der Waals surface area (Å²) in [5, 5.41) is 12.2. The van der Waals surface area contributed by atoms with Crippen molar-refractivity contribution in [2.45, 2.75) is 32.9 Å². The Balaban J connectivity index is 2.46. The van der Waals surface area contributed by atoms with Gasteiger partial charge in [-0.1, -0.05) is 13.0 Å². The van der Waals surface area contributed by atoms with E-state index < -0.39 is 5.97 Å².